The Bertz CT molecular complexity index is 1030. The number of nitrogens with one attached hydrogen (secondary N) is 1. The molecule has 0 unspecified atom stereocenters. The van der Waals surface area contributed by atoms with E-state index in [1.54, 1.807) is 0 Å². The van der Waals surface area contributed by atoms with Crippen molar-refractivity contribution in [3.8, 4) is 0 Å². The maximum absolute atomic E-state index is 13.9. The predicted octanol–water partition coefficient (Wildman–Crippen LogP) is 4.18. The first-order chi connectivity index (χ1) is 14.9. The Balaban J connectivity index is 1.87. The summed E-state index contributed by atoms with van der Waals surface area (Å²) in [5.41, 5.74) is -2.57. The average molecular weight is 467 g/mol. The standard InChI is InChI=1S/C22H29BF3N3O4/c1-12(27-16(30)17-28-18(29-31-17)19(2,3)4)14-10-9-13(11-15(14)22(24,25)26)23-32-20(5,6)21(7,8)33-23/h9-12H,1-8H3,(H,27,30)/t12-/m1/s1. The Morgan fingerprint density at radius 2 is 1.67 bits per heavy atom. The van der Waals surface area contributed by atoms with E-state index in [1.165, 1.54) is 19.1 Å². The summed E-state index contributed by atoms with van der Waals surface area (Å²) in [6.07, 6.45) is -4.65. The van der Waals surface area contributed by atoms with Gasteiger partial charge in [-0.1, -0.05) is 38.1 Å². The molecule has 2 aromatic rings. The zero-order valence-corrected chi connectivity index (χ0v) is 20.0. The molecule has 1 aromatic heterocycles. The molecule has 2 heterocycles. The Hall–Kier alpha value is -2.40. The molecule has 7 nitrogen and oxygen atoms in total. The van der Waals surface area contributed by atoms with Crippen molar-refractivity contribution in [3.63, 3.8) is 0 Å². The van der Waals surface area contributed by atoms with Crippen LogP contribution in [0.5, 0.6) is 0 Å². The van der Waals surface area contributed by atoms with E-state index in [0.29, 0.717) is 5.82 Å². The Morgan fingerprint density at radius 1 is 1.09 bits per heavy atom. The van der Waals surface area contributed by atoms with Gasteiger partial charge in [-0.3, -0.25) is 4.79 Å². The summed E-state index contributed by atoms with van der Waals surface area (Å²) in [7, 11) is -0.941. The number of hydrogen-bond acceptors (Lipinski definition) is 6. The molecule has 1 aliphatic rings. The molecule has 0 bridgehead atoms. The van der Waals surface area contributed by atoms with E-state index in [2.05, 4.69) is 15.5 Å². The van der Waals surface area contributed by atoms with Gasteiger partial charge in [-0.25, -0.2) is 0 Å². The van der Waals surface area contributed by atoms with Gasteiger partial charge in [0.1, 0.15) is 0 Å². The second-order valence-corrected chi connectivity index (χ2v) is 10.3. The number of halogens is 3. The summed E-state index contributed by atoms with van der Waals surface area (Å²) in [5, 5.41) is 6.28. The Kier molecular flexibility index (Phi) is 6.21. The Labute approximate surface area is 191 Å². The molecule has 1 saturated heterocycles. The first-order valence-corrected chi connectivity index (χ1v) is 10.6. The van der Waals surface area contributed by atoms with Gasteiger partial charge in [0.05, 0.1) is 22.8 Å². The molecule has 1 N–H and O–H groups in total. The highest BCUT2D eigenvalue weighted by atomic mass is 19.4. The molecule has 1 aliphatic heterocycles. The van der Waals surface area contributed by atoms with Crippen molar-refractivity contribution < 1.29 is 31.8 Å². The molecular formula is C22H29BF3N3O4. The van der Waals surface area contributed by atoms with Gasteiger partial charge in [0.25, 0.3) is 0 Å². The lowest BCUT2D eigenvalue weighted by Crippen LogP contribution is -2.41. The third-order valence-corrected chi connectivity index (χ3v) is 6.01. The number of carbonyl (C=O) groups is 1. The lowest BCUT2D eigenvalue weighted by molar-refractivity contribution is -0.138. The number of nitrogens with zero attached hydrogens (tertiary/aromatic N) is 2. The minimum Gasteiger partial charge on any atom is -0.399 e. The van der Waals surface area contributed by atoms with Gasteiger partial charge in [0, 0.05) is 5.41 Å². The number of amides is 1. The van der Waals surface area contributed by atoms with Gasteiger partial charge in [-0.15, -0.1) is 0 Å². The van der Waals surface area contributed by atoms with Gasteiger partial charge >= 0.3 is 25.1 Å². The van der Waals surface area contributed by atoms with Gasteiger partial charge in [-0.05, 0) is 51.7 Å². The molecule has 1 fully saturated rings. The van der Waals surface area contributed by atoms with Crippen LogP contribution in [0.25, 0.3) is 0 Å². The van der Waals surface area contributed by atoms with Crippen LogP contribution < -0.4 is 10.8 Å². The van der Waals surface area contributed by atoms with E-state index in [4.69, 9.17) is 13.8 Å². The van der Waals surface area contributed by atoms with E-state index in [1.807, 2.05) is 48.5 Å². The molecule has 1 atom stereocenters. The molecule has 1 amide bonds. The first kappa shape index (κ1) is 25.2. The lowest BCUT2D eigenvalue weighted by atomic mass is 9.77. The Morgan fingerprint density at radius 3 is 2.15 bits per heavy atom. The van der Waals surface area contributed by atoms with E-state index in [0.717, 1.165) is 6.07 Å². The van der Waals surface area contributed by atoms with Crippen LogP contribution >= 0.6 is 0 Å². The van der Waals surface area contributed by atoms with Crippen LogP contribution in [0, 0.1) is 0 Å². The van der Waals surface area contributed by atoms with Gasteiger partial charge in [-0.2, -0.15) is 18.2 Å². The van der Waals surface area contributed by atoms with E-state index < -0.39 is 47.4 Å². The zero-order valence-electron chi connectivity index (χ0n) is 20.0. The number of alkyl halides is 3. The topological polar surface area (TPSA) is 86.5 Å². The molecule has 0 radical (unpaired) electrons. The average Bonchev–Trinajstić information content (AvgIpc) is 3.23. The largest absolute Gasteiger partial charge is 0.494 e. The summed E-state index contributed by atoms with van der Waals surface area (Å²) in [5.74, 6) is -0.745. The minimum atomic E-state index is -4.65. The maximum atomic E-state index is 13.9. The summed E-state index contributed by atoms with van der Waals surface area (Å²) < 4.78 is 58.6. The number of benzene rings is 1. The summed E-state index contributed by atoms with van der Waals surface area (Å²) in [6, 6.07) is 2.86. The lowest BCUT2D eigenvalue weighted by Gasteiger charge is -2.32. The molecule has 0 aliphatic carbocycles. The monoisotopic (exact) mass is 467 g/mol. The second-order valence-electron chi connectivity index (χ2n) is 10.3. The van der Waals surface area contributed by atoms with Crippen LogP contribution in [0.1, 0.15) is 89.1 Å². The molecule has 11 heteroatoms. The molecule has 0 saturated carbocycles. The number of rotatable bonds is 4. The van der Waals surface area contributed by atoms with Crippen molar-refractivity contribution in [1.29, 1.82) is 0 Å². The minimum absolute atomic E-state index is 0.105. The van der Waals surface area contributed by atoms with Crippen LogP contribution in [-0.4, -0.2) is 34.4 Å². The quantitative estimate of drug-likeness (QED) is 0.680. The second kappa shape index (κ2) is 8.12. The smallest absolute Gasteiger partial charge is 0.399 e. The third-order valence-electron chi connectivity index (χ3n) is 6.01. The third kappa shape index (κ3) is 5.09. The van der Waals surface area contributed by atoms with Crippen molar-refractivity contribution in [1.82, 2.24) is 15.5 Å². The van der Waals surface area contributed by atoms with Crippen LogP contribution in [0.4, 0.5) is 13.2 Å². The summed E-state index contributed by atoms with van der Waals surface area (Å²) in [6.45, 7) is 14.3. The number of hydrogen-bond donors (Lipinski definition) is 1. The van der Waals surface area contributed by atoms with Crippen LogP contribution in [-0.2, 0) is 20.9 Å². The highest BCUT2D eigenvalue weighted by molar-refractivity contribution is 6.62. The number of carbonyl (C=O) groups excluding carboxylic acids is 1. The van der Waals surface area contributed by atoms with Crippen LogP contribution in [0.15, 0.2) is 22.7 Å². The molecule has 33 heavy (non-hydrogen) atoms. The van der Waals surface area contributed by atoms with Crippen molar-refractivity contribution in [2.45, 2.75) is 84.2 Å². The maximum Gasteiger partial charge on any atom is 0.494 e. The molecule has 0 spiro atoms. The molecule has 180 valence electrons. The first-order valence-electron chi connectivity index (χ1n) is 10.6. The van der Waals surface area contributed by atoms with E-state index in [9.17, 15) is 18.0 Å². The van der Waals surface area contributed by atoms with Gasteiger partial charge < -0.3 is 19.1 Å². The predicted molar refractivity (Wildman–Crippen MR) is 116 cm³/mol. The van der Waals surface area contributed by atoms with Crippen molar-refractivity contribution in [3.05, 3.63) is 41.0 Å². The fraction of sp³-hybridized carbons (Fsp3) is 0.591. The van der Waals surface area contributed by atoms with Crippen molar-refractivity contribution in [2.75, 3.05) is 0 Å². The van der Waals surface area contributed by atoms with Crippen molar-refractivity contribution >= 4 is 18.5 Å². The molecule has 1 aromatic carbocycles. The summed E-state index contributed by atoms with van der Waals surface area (Å²) in [4.78, 5) is 16.6. The normalized spacial score (nSPS) is 18.9. The fourth-order valence-corrected chi connectivity index (χ4v) is 3.28. The van der Waals surface area contributed by atoms with Gasteiger partial charge in [0.15, 0.2) is 5.82 Å². The van der Waals surface area contributed by atoms with Crippen LogP contribution in [0.2, 0.25) is 0 Å². The highest BCUT2D eigenvalue weighted by Gasteiger charge is 2.52. The number of aromatic nitrogens is 2. The highest BCUT2D eigenvalue weighted by Crippen LogP contribution is 2.38. The molecule has 3 rings (SSSR count). The van der Waals surface area contributed by atoms with Gasteiger partial charge in [0.2, 0.25) is 0 Å². The summed E-state index contributed by atoms with van der Waals surface area (Å²) >= 11 is 0. The van der Waals surface area contributed by atoms with Crippen LogP contribution in [0.3, 0.4) is 0 Å². The molecular weight excluding hydrogens is 438 g/mol. The van der Waals surface area contributed by atoms with E-state index in [-0.39, 0.29) is 16.9 Å². The van der Waals surface area contributed by atoms with E-state index >= 15 is 0 Å². The van der Waals surface area contributed by atoms with Crippen molar-refractivity contribution in [2.24, 2.45) is 0 Å². The SMILES string of the molecule is C[C@@H](NC(=O)c1nc(C(C)(C)C)no1)c1ccc(B2OC(C)(C)C(C)(C)O2)cc1C(F)(F)F. The fourth-order valence-electron chi connectivity index (χ4n) is 3.28. The zero-order chi connectivity index (χ0) is 25.0.